The Kier molecular flexibility index (Phi) is 2.85. The van der Waals surface area contributed by atoms with Gasteiger partial charge in [0.1, 0.15) is 11.5 Å². The van der Waals surface area contributed by atoms with Crippen molar-refractivity contribution in [2.45, 2.75) is 44.8 Å². The van der Waals surface area contributed by atoms with Crippen molar-refractivity contribution < 1.29 is 9.15 Å². The molecule has 2 rings (SSSR count). The number of hydrogen-bond donors (Lipinski definition) is 1. The Bertz CT molecular complexity index is 326. The van der Waals surface area contributed by atoms with Crippen molar-refractivity contribution in [1.29, 1.82) is 0 Å². The summed E-state index contributed by atoms with van der Waals surface area (Å²) in [7, 11) is 0. The van der Waals surface area contributed by atoms with Gasteiger partial charge in [0.05, 0.1) is 11.6 Å². The average Bonchev–Trinajstić information content (AvgIpc) is 2.85. The van der Waals surface area contributed by atoms with Crippen LogP contribution in [0.15, 0.2) is 16.5 Å². The van der Waals surface area contributed by atoms with E-state index in [1.165, 1.54) is 0 Å². The van der Waals surface area contributed by atoms with Gasteiger partial charge in [-0.1, -0.05) is 6.92 Å². The molecule has 0 spiro atoms. The molecule has 0 aliphatic carbocycles. The van der Waals surface area contributed by atoms with Crippen molar-refractivity contribution in [2.24, 2.45) is 5.73 Å². The summed E-state index contributed by atoms with van der Waals surface area (Å²) in [6.45, 7) is 4.95. The van der Waals surface area contributed by atoms with Crippen LogP contribution in [-0.2, 0) is 11.2 Å². The molecule has 3 heteroatoms. The monoisotopic (exact) mass is 209 g/mol. The predicted octanol–water partition coefficient (Wildman–Crippen LogP) is 2.41. The van der Waals surface area contributed by atoms with E-state index in [0.717, 1.165) is 37.4 Å². The average molecular weight is 209 g/mol. The zero-order valence-corrected chi connectivity index (χ0v) is 9.45. The maximum atomic E-state index is 6.18. The number of furan rings is 1. The first-order chi connectivity index (χ1) is 7.15. The van der Waals surface area contributed by atoms with E-state index in [0.29, 0.717) is 0 Å². The summed E-state index contributed by atoms with van der Waals surface area (Å²) in [5.41, 5.74) is 5.94. The van der Waals surface area contributed by atoms with Gasteiger partial charge in [-0.05, 0) is 31.9 Å². The second-order valence-electron chi connectivity index (χ2n) is 4.40. The largest absolute Gasteiger partial charge is 0.464 e. The molecule has 0 amide bonds. The Hall–Kier alpha value is -0.800. The van der Waals surface area contributed by atoms with Crippen LogP contribution in [0.2, 0.25) is 0 Å². The number of ether oxygens (including phenoxy) is 1. The van der Waals surface area contributed by atoms with Gasteiger partial charge in [0.25, 0.3) is 0 Å². The first-order valence-electron chi connectivity index (χ1n) is 5.64. The van der Waals surface area contributed by atoms with Gasteiger partial charge in [-0.25, -0.2) is 0 Å². The van der Waals surface area contributed by atoms with Gasteiger partial charge in [-0.3, -0.25) is 0 Å². The third kappa shape index (κ3) is 1.94. The third-order valence-electron chi connectivity index (χ3n) is 3.24. The molecular formula is C12H19NO2. The highest BCUT2D eigenvalue weighted by Crippen LogP contribution is 2.36. The molecule has 3 nitrogen and oxygen atoms in total. The highest BCUT2D eigenvalue weighted by molar-refractivity contribution is 5.14. The lowest BCUT2D eigenvalue weighted by Crippen LogP contribution is -2.37. The second-order valence-corrected chi connectivity index (χ2v) is 4.40. The van der Waals surface area contributed by atoms with Crippen molar-refractivity contribution in [1.82, 2.24) is 0 Å². The van der Waals surface area contributed by atoms with Gasteiger partial charge in [0.2, 0.25) is 0 Å². The van der Waals surface area contributed by atoms with Crippen LogP contribution in [-0.4, -0.2) is 12.2 Å². The second kappa shape index (κ2) is 3.99. The summed E-state index contributed by atoms with van der Waals surface area (Å²) in [5.74, 6) is 1.83. The normalized spacial score (nSPS) is 28.2. The molecule has 2 atom stereocenters. The molecule has 0 radical (unpaired) electrons. The van der Waals surface area contributed by atoms with E-state index in [2.05, 4.69) is 13.8 Å². The van der Waals surface area contributed by atoms with Crippen molar-refractivity contribution >= 4 is 0 Å². The van der Waals surface area contributed by atoms with Crippen LogP contribution in [0, 0.1) is 0 Å². The molecule has 1 fully saturated rings. The molecule has 0 bridgehead atoms. The third-order valence-corrected chi connectivity index (χ3v) is 3.24. The zero-order valence-electron chi connectivity index (χ0n) is 9.45. The fourth-order valence-corrected chi connectivity index (χ4v) is 2.10. The molecule has 15 heavy (non-hydrogen) atoms. The Morgan fingerprint density at radius 3 is 2.87 bits per heavy atom. The van der Waals surface area contributed by atoms with Crippen molar-refractivity contribution in [3.63, 3.8) is 0 Å². The molecule has 0 aromatic carbocycles. The van der Waals surface area contributed by atoms with E-state index in [1.54, 1.807) is 0 Å². The summed E-state index contributed by atoms with van der Waals surface area (Å²) in [5, 5.41) is 0. The van der Waals surface area contributed by atoms with Crippen molar-refractivity contribution in [3.05, 3.63) is 23.7 Å². The van der Waals surface area contributed by atoms with Crippen LogP contribution in [0.1, 0.15) is 44.3 Å². The van der Waals surface area contributed by atoms with E-state index in [4.69, 9.17) is 14.9 Å². The minimum atomic E-state index is -0.247. The van der Waals surface area contributed by atoms with Crippen LogP contribution in [0.4, 0.5) is 0 Å². The number of rotatable bonds is 3. The molecule has 2 heterocycles. The van der Waals surface area contributed by atoms with Crippen molar-refractivity contribution in [3.8, 4) is 0 Å². The minimum Gasteiger partial charge on any atom is -0.464 e. The Morgan fingerprint density at radius 2 is 2.33 bits per heavy atom. The molecule has 1 aromatic heterocycles. The molecule has 84 valence electrons. The van der Waals surface area contributed by atoms with E-state index in [1.807, 2.05) is 12.1 Å². The summed E-state index contributed by atoms with van der Waals surface area (Å²) in [6, 6.07) is 3.81. The molecule has 2 N–H and O–H groups in total. The highest BCUT2D eigenvalue weighted by atomic mass is 16.5. The Labute approximate surface area is 90.6 Å². The van der Waals surface area contributed by atoms with E-state index < -0.39 is 0 Å². The maximum Gasteiger partial charge on any atom is 0.123 e. The van der Waals surface area contributed by atoms with Crippen LogP contribution < -0.4 is 5.73 Å². The smallest absolute Gasteiger partial charge is 0.123 e. The summed E-state index contributed by atoms with van der Waals surface area (Å²) >= 11 is 0. The maximum absolute atomic E-state index is 6.18. The first kappa shape index (κ1) is 10.7. The van der Waals surface area contributed by atoms with Gasteiger partial charge >= 0.3 is 0 Å². The number of aryl methyl sites for hydroxylation is 1. The summed E-state index contributed by atoms with van der Waals surface area (Å²) in [4.78, 5) is 0. The van der Waals surface area contributed by atoms with Crippen molar-refractivity contribution in [2.75, 3.05) is 6.61 Å². The summed E-state index contributed by atoms with van der Waals surface area (Å²) in [6.07, 6.45) is 3.01. The topological polar surface area (TPSA) is 48.4 Å². The van der Waals surface area contributed by atoms with E-state index in [9.17, 15) is 0 Å². The minimum absolute atomic E-state index is 0.153. The zero-order chi connectivity index (χ0) is 10.9. The molecule has 2 unspecified atom stereocenters. The lowest BCUT2D eigenvalue weighted by molar-refractivity contribution is -0.00705. The van der Waals surface area contributed by atoms with Crippen LogP contribution >= 0.6 is 0 Å². The first-order valence-corrected chi connectivity index (χ1v) is 5.64. The lowest BCUT2D eigenvalue weighted by atomic mass is 9.92. The highest BCUT2D eigenvalue weighted by Gasteiger charge is 2.38. The van der Waals surface area contributed by atoms with E-state index in [-0.39, 0.29) is 11.6 Å². The molecular weight excluding hydrogens is 190 g/mol. The summed E-state index contributed by atoms with van der Waals surface area (Å²) < 4.78 is 11.4. The Morgan fingerprint density at radius 1 is 1.53 bits per heavy atom. The predicted molar refractivity (Wildman–Crippen MR) is 58.6 cm³/mol. The van der Waals surface area contributed by atoms with Crippen LogP contribution in [0.3, 0.4) is 0 Å². The molecule has 1 aromatic rings. The van der Waals surface area contributed by atoms with Gasteiger partial charge < -0.3 is 14.9 Å². The standard InChI is InChI=1S/C12H19NO2/c1-3-9-5-6-10(15-9)11(13)12(2)7-4-8-14-12/h5-6,11H,3-4,7-8,13H2,1-2H3. The fourth-order valence-electron chi connectivity index (χ4n) is 2.10. The van der Waals surface area contributed by atoms with E-state index >= 15 is 0 Å². The molecule has 1 aliphatic rings. The molecule has 1 aliphatic heterocycles. The van der Waals surface area contributed by atoms with Gasteiger partial charge in [0, 0.05) is 13.0 Å². The Balaban J connectivity index is 2.15. The van der Waals surface area contributed by atoms with Gasteiger partial charge in [0.15, 0.2) is 0 Å². The fraction of sp³-hybridized carbons (Fsp3) is 0.667. The number of nitrogens with two attached hydrogens (primary N) is 1. The SMILES string of the molecule is CCc1ccc(C(N)C2(C)CCCO2)o1. The lowest BCUT2D eigenvalue weighted by Gasteiger charge is -2.28. The number of hydrogen-bond acceptors (Lipinski definition) is 3. The van der Waals surface area contributed by atoms with Gasteiger partial charge in [-0.15, -0.1) is 0 Å². The molecule has 1 saturated heterocycles. The van der Waals surface area contributed by atoms with Gasteiger partial charge in [-0.2, -0.15) is 0 Å². The van der Waals surface area contributed by atoms with Crippen LogP contribution in [0.25, 0.3) is 0 Å². The quantitative estimate of drug-likeness (QED) is 0.831. The van der Waals surface area contributed by atoms with Crippen LogP contribution in [0.5, 0.6) is 0 Å². The molecule has 0 saturated carbocycles.